The Kier molecular flexibility index (Phi) is 3.45. The summed E-state index contributed by atoms with van der Waals surface area (Å²) >= 11 is 0. The Bertz CT molecular complexity index is 177. The maximum atomic E-state index is 9.40. The normalized spacial score (nSPS) is 40.3. The van der Waals surface area contributed by atoms with Gasteiger partial charge in [0.25, 0.3) is 0 Å². The molecule has 2 nitrogen and oxygen atoms in total. The van der Waals surface area contributed by atoms with Crippen LogP contribution in [0.2, 0.25) is 0 Å². The number of hydrogen-bond acceptors (Lipinski definition) is 2. The zero-order valence-electron chi connectivity index (χ0n) is 9.21. The average Bonchev–Trinajstić information content (AvgIpc) is 2.70. The lowest BCUT2D eigenvalue weighted by molar-refractivity contribution is 0.107. The summed E-state index contributed by atoms with van der Waals surface area (Å²) in [5.74, 6) is 2.10. The minimum Gasteiger partial charge on any atom is -0.396 e. The molecule has 0 aromatic heterocycles. The van der Waals surface area contributed by atoms with Crippen molar-refractivity contribution in [3.63, 3.8) is 0 Å². The monoisotopic (exact) mass is 197 g/mol. The van der Waals surface area contributed by atoms with E-state index in [2.05, 4.69) is 12.2 Å². The summed E-state index contributed by atoms with van der Waals surface area (Å²) in [4.78, 5) is 0. The summed E-state index contributed by atoms with van der Waals surface area (Å²) in [5, 5.41) is 13.1. The van der Waals surface area contributed by atoms with Crippen LogP contribution in [-0.2, 0) is 0 Å². The van der Waals surface area contributed by atoms with Crippen molar-refractivity contribution in [3.05, 3.63) is 0 Å². The third-order valence-corrected chi connectivity index (χ3v) is 4.06. The minimum atomic E-state index is 0.374. The highest BCUT2D eigenvalue weighted by molar-refractivity contribution is 4.90. The van der Waals surface area contributed by atoms with Crippen molar-refractivity contribution in [1.82, 2.24) is 5.32 Å². The second kappa shape index (κ2) is 4.63. The van der Waals surface area contributed by atoms with Crippen LogP contribution in [0, 0.1) is 17.8 Å². The van der Waals surface area contributed by atoms with Gasteiger partial charge >= 0.3 is 0 Å². The fourth-order valence-electron chi connectivity index (χ4n) is 3.31. The summed E-state index contributed by atoms with van der Waals surface area (Å²) in [6.07, 6.45) is 6.77. The Morgan fingerprint density at radius 2 is 2.00 bits per heavy atom. The lowest BCUT2D eigenvalue weighted by atomic mass is 9.79. The van der Waals surface area contributed by atoms with E-state index in [1.807, 2.05) is 0 Å². The van der Waals surface area contributed by atoms with E-state index >= 15 is 0 Å². The van der Waals surface area contributed by atoms with Crippen LogP contribution in [0.4, 0.5) is 0 Å². The van der Waals surface area contributed by atoms with E-state index in [-0.39, 0.29) is 0 Å². The van der Waals surface area contributed by atoms with Gasteiger partial charge in [0.05, 0.1) is 0 Å². The van der Waals surface area contributed by atoms with Crippen LogP contribution in [0.25, 0.3) is 0 Å². The number of aliphatic hydroxyl groups is 1. The van der Waals surface area contributed by atoms with Crippen molar-refractivity contribution < 1.29 is 5.11 Å². The first-order valence-corrected chi connectivity index (χ1v) is 6.15. The highest BCUT2D eigenvalue weighted by Gasteiger charge is 2.34. The van der Waals surface area contributed by atoms with Gasteiger partial charge in [-0.25, -0.2) is 0 Å². The van der Waals surface area contributed by atoms with Gasteiger partial charge in [0.1, 0.15) is 0 Å². The summed E-state index contributed by atoms with van der Waals surface area (Å²) in [6, 6.07) is 0.610. The predicted molar refractivity (Wildman–Crippen MR) is 58.1 cm³/mol. The maximum Gasteiger partial charge on any atom is 0.0474 e. The Balaban J connectivity index is 1.94. The van der Waals surface area contributed by atoms with E-state index in [1.54, 1.807) is 0 Å². The third-order valence-electron chi connectivity index (χ3n) is 4.06. The van der Waals surface area contributed by atoms with Gasteiger partial charge in [-0.1, -0.05) is 19.8 Å². The number of rotatable bonds is 2. The molecule has 1 heterocycles. The smallest absolute Gasteiger partial charge is 0.0474 e. The van der Waals surface area contributed by atoms with Crippen molar-refractivity contribution in [2.24, 2.45) is 17.8 Å². The van der Waals surface area contributed by atoms with Crippen LogP contribution in [0.15, 0.2) is 0 Å². The molecule has 2 N–H and O–H groups in total. The Morgan fingerprint density at radius 3 is 2.64 bits per heavy atom. The highest BCUT2D eigenvalue weighted by atomic mass is 16.3. The molecule has 1 saturated carbocycles. The molecule has 0 radical (unpaired) electrons. The van der Waals surface area contributed by atoms with Gasteiger partial charge in [-0.15, -0.1) is 0 Å². The van der Waals surface area contributed by atoms with Gasteiger partial charge in [-0.05, 0) is 43.6 Å². The number of piperidine rings is 1. The molecular formula is C12H23NO. The SMILES string of the molecule is CC1CNC(C2CCCC2)C(CO)C1. The van der Waals surface area contributed by atoms with E-state index < -0.39 is 0 Å². The standard InChI is InChI=1S/C12H23NO/c1-9-6-11(8-14)12(13-7-9)10-4-2-3-5-10/h9-14H,2-8H2,1H3. The van der Waals surface area contributed by atoms with Crippen molar-refractivity contribution in [3.8, 4) is 0 Å². The third kappa shape index (κ3) is 2.12. The Morgan fingerprint density at radius 1 is 1.29 bits per heavy atom. The molecule has 0 aromatic carbocycles. The van der Waals surface area contributed by atoms with Gasteiger partial charge in [0, 0.05) is 12.6 Å². The van der Waals surface area contributed by atoms with Gasteiger partial charge in [0.15, 0.2) is 0 Å². The van der Waals surface area contributed by atoms with Crippen LogP contribution in [-0.4, -0.2) is 24.3 Å². The largest absolute Gasteiger partial charge is 0.396 e. The minimum absolute atomic E-state index is 0.374. The number of aliphatic hydroxyl groups excluding tert-OH is 1. The number of hydrogen-bond donors (Lipinski definition) is 2. The molecule has 2 rings (SSSR count). The van der Waals surface area contributed by atoms with E-state index in [0.717, 1.165) is 18.4 Å². The van der Waals surface area contributed by atoms with Crippen LogP contribution >= 0.6 is 0 Å². The molecular weight excluding hydrogens is 174 g/mol. The lowest BCUT2D eigenvalue weighted by Crippen LogP contribution is -2.49. The molecule has 0 spiro atoms. The molecule has 2 heteroatoms. The highest BCUT2D eigenvalue weighted by Crippen LogP contribution is 2.34. The molecule has 1 aliphatic carbocycles. The van der Waals surface area contributed by atoms with Crippen LogP contribution in [0.1, 0.15) is 39.0 Å². The van der Waals surface area contributed by atoms with E-state index in [4.69, 9.17) is 0 Å². The van der Waals surface area contributed by atoms with Crippen molar-refractivity contribution >= 4 is 0 Å². The van der Waals surface area contributed by atoms with E-state index in [0.29, 0.717) is 18.6 Å². The van der Waals surface area contributed by atoms with Crippen molar-refractivity contribution in [2.45, 2.75) is 45.1 Å². The zero-order chi connectivity index (χ0) is 9.97. The summed E-state index contributed by atoms with van der Waals surface area (Å²) < 4.78 is 0. The fraction of sp³-hybridized carbons (Fsp3) is 1.00. The first-order chi connectivity index (χ1) is 6.81. The molecule has 2 aliphatic rings. The maximum absolute atomic E-state index is 9.40. The molecule has 0 bridgehead atoms. The molecule has 2 fully saturated rings. The molecule has 0 aromatic rings. The Hall–Kier alpha value is -0.0800. The topological polar surface area (TPSA) is 32.3 Å². The predicted octanol–water partition coefficient (Wildman–Crippen LogP) is 1.78. The molecule has 3 atom stereocenters. The molecule has 3 unspecified atom stereocenters. The van der Waals surface area contributed by atoms with E-state index in [1.165, 1.54) is 32.1 Å². The quantitative estimate of drug-likeness (QED) is 0.707. The molecule has 82 valence electrons. The zero-order valence-corrected chi connectivity index (χ0v) is 9.21. The second-order valence-corrected chi connectivity index (χ2v) is 5.26. The van der Waals surface area contributed by atoms with Gasteiger partial charge in [-0.2, -0.15) is 0 Å². The van der Waals surface area contributed by atoms with Crippen molar-refractivity contribution in [2.75, 3.05) is 13.2 Å². The molecule has 1 aliphatic heterocycles. The second-order valence-electron chi connectivity index (χ2n) is 5.26. The first-order valence-electron chi connectivity index (χ1n) is 6.15. The summed E-state index contributed by atoms with van der Waals surface area (Å²) in [6.45, 7) is 3.80. The molecule has 1 saturated heterocycles. The van der Waals surface area contributed by atoms with E-state index in [9.17, 15) is 5.11 Å². The van der Waals surface area contributed by atoms with Crippen molar-refractivity contribution in [1.29, 1.82) is 0 Å². The average molecular weight is 197 g/mol. The molecule has 14 heavy (non-hydrogen) atoms. The summed E-state index contributed by atoms with van der Waals surface area (Å²) in [5.41, 5.74) is 0. The fourth-order valence-corrected chi connectivity index (χ4v) is 3.31. The summed E-state index contributed by atoms with van der Waals surface area (Å²) in [7, 11) is 0. The first kappa shape index (κ1) is 10.4. The Labute approximate surface area is 87.1 Å². The lowest BCUT2D eigenvalue weighted by Gasteiger charge is -2.38. The number of nitrogens with one attached hydrogen (secondary N) is 1. The van der Waals surface area contributed by atoms with Crippen LogP contribution in [0.5, 0.6) is 0 Å². The van der Waals surface area contributed by atoms with Crippen LogP contribution < -0.4 is 5.32 Å². The van der Waals surface area contributed by atoms with Gasteiger partial charge in [-0.3, -0.25) is 0 Å². The van der Waals surface area contributed by atoms with Gasteiger partial charge < -0.3 is 10.4 Å². The van der Waals surface area contributed by atoms with Crippen LogP contribution in [0.3, 0.4) is 0 Å². The molecule has 0 amide bonds. The van der Waals surface area contributed by atoms with Gasteiger partial charge in [0.2, 0.25) is 0 Å².